The zero-order valence-corrected chi connectivity index (χ0v) is 10.4. The lowest BCUT2D eigenvalue weighted by Crippen LogP contribution is -1.94. The third-order valence-corrected chi connectivity index (χ3v) is 3.28. The van der Waals surface area contributed by atoms with Gasteiger partial charge >= 0.3 is 0 Å². The molecule has 90 valence electrons. The van der Waals surface area contributed by atoms with Gasteiger partial charge in [0.1, 0.15) is 0 Å². The van der Waals surface area contributed by atoms with Crippen LogP contribution in [0.1, 0.15) is 15.9 Å². The molecule has 1 aromatic carbocycles. The Morgan fingerprint density at radius 3 is 2.78 bits per heavy atom. The number of benzene rings is 1. The van der Waals surface area contributed by atoms with Gasteiger partial charge in [-0.15, -0.1) is 0 Å². The van der Waals surface area contributed by atoms with Crippen LogP contribution < -0.4 is 0 Å². The smallest absolute Gasteiger partial charge is 0.279 e. The highest BCUT2D eigenvalue weighted by Crippen LogP contribution is 2.33. The molecule has 0 saturated heterocycles. The number of aromatic hydroxyl groups is 1. The monoisotopic (exact) mass is 280 g/mol. The van der Waals surface area contributed by atoms with Crippen LogP contribution in [-0.2, 0) is 0 Å². The van der Waals surface area contributed by atoms with Crippen molar-refractivity contribution >= 4 is 35.3 Å². The minimum Gasteiger partial charge on any atom is -0.494 e. The predicted molar refractivity (Wildman–Crippen MR) is 69.4 cm³/mol. The van der Waals surface area contributed by atoms with Crippen molar-refractivity contribution in [2.75, 3.05) is 0 Å². The molecule has 1 N–H and O–H groups in total. The van der Waals surface area contributed by atoms with E-state index in [0.29, 0.717) is 26.9 Å². The highest BCUT2D eigenvalue weighted by Gasteiger charge is 2.24. The molecule has 0 spiro atoms. The number of carbonyl (C=O) groups is 1. The summed E-state index contributed by atoms with van der Waals surface area (Å²) in [4.78, 5) is 15.0. The predicted octanol–water partition coefficient (Wildman–Crippen LogP) is 3.06. The molecule has 0 radical (unpaired) electrons. The Labute approximate surface area is 112 Å². The molecule has 0 saturated carbocycles. The van der Waals surface area contributed by atoms with Crippen molar-refractivity contribution in [3.05, 3.63) is 45.6 Å². The lowest BCUT2D eigenvalue weighted by atomic mass is 10.2. The highest BCUT2D eigenvalue weighted by molar-refractivity contribution is 6.34. The molecule has 0 atom stereocenters. The Kier molecular flexibility index (Phi) is 2.43. The number of amides is 1. The number of fused-ring (bicyclic) bond motifs is 1. The summed E-state index contributed by atoms with van der Waals surface area (Å²) in [6, 6.07) is 4.88. The van der Waals surface area contributed by atoms with Crippen LogP contribution in [0.4, 0.5) is 0 Å². The molecule has 1 amide bonds. The van der Waals surface area contributed by atoms with E-state index in [1.54, 1.807) is 18.2 Å². The minimum atomic E-state index is -0.378. The topological polar surface area (TPSA) is 54.6 Å². The molecule has 0 fully saturated rings. The average Bonchev–Trinajstić information content (AvgIpc) is 2.85. The first-order valence-corrected chi connectivity index (χ1v) is 5.81. The lowest BCUT2D eigenvalue weighted by molar-refractivity contribution is 0.101. The quantitative estimate of drug-likeness (QED) is 0.873. The third-order valence-electron chi connectivity index (χ3n) is 2.73. The van der Waals surface area contributed by atoms with E-state index in [9.17, 15) is 9.90 Å². The van der Waals surface area contributed by atoms with Crippen LogP contribution in [0.2, 0.25) is 10.0 Å². The summed E-state index contributed by atoms with van der Waals surface area (Å²) in [5.74, 6) is -0.457. The van der Waals surface area contributed by atoms with Crippen molar-refractivity contribution in [2.24, 2.45) is 4.99 Å². The Bertz CT molecular complexity index is 704. The molecule has 1 aliphatic rings. The van der Waals surface area contributed by atoms with Crippen molar-refractivity contribution in [2.45, 2.75) is 0 Å². The van der Waals surface area contributed by atoms with E-state index >= 15 is 0 Å². The van der Waals surface area contributed by atoms with Gasteiger partial charge < -0.3 is 5.11 Å². The number of carbonyl (C=O) groups excluding carboxylic acids is 1. The Morgan fingerprint density at radius 1 is 1.28 bits per heavy atom. The molecule has 1 aromatic heterocycles. The molecular formula is C12H6Cl2N2O2. The van der Waals surface area contributed by atoms with E-state index in [1.807, 2.05) is 0 Å². The van der Waals surface area contributed by atoms with Crippen molar-refractivity contribution in [3.8, 4) is 11.6 Å². The molecule has 1 aliphatic heterocycles. The van der Waals surface area contributed by atoms with E-state index in [1.165, 1.54) is 17.0 Å². The fraction of sp³-hybridized carbons (Fsp3) is 0. The maximum atomic E-state index is 11.4. The summed E-state index contributed by atoms with van der Waals surface area (Å²) in [6.45, 7) is 0. The molecule has 2 heterocycles. The molecule has 2 aromatic rings. The number of hydrogen-bond donors (Lipinski definition) is 1. The van der Waals surface area contributed by atoms with Gasteiger partial charge in [-0.1, -0.05) is 23.2 Å². The van der Waals surface area contributed by atoms with Crippen LogP contribution >= 0.6 is 23.2 Å². The van der Waals surface area contributed by atoms with Gasteiger partial charge in [-0.2, -0.15) is 0 Å². The van der Waals surface area contributed by atoms with E-state index in [4.69, 9.17) is 23.2 Å². The highest BCUT2D eigenvalue weighted by atomic mass is 35.5. The minimum absolute atomic E-state index is 0.0798. The van der Waals surface area contributed by atoms with E-state index < -0.39 is 0 Å². The maximum Gasteiger partial charge on any atom is 0.279 e. The Hall–Kier alpha value is -1.78. The fourth-order valence-electron chi connectivity index (χ4n) is 1.85. The van der Waals surface area contributed by atoms with Gasteiger partial charge in [0, 0.05) is 17.4 Å². The molecule has 3 rings (SSSR count). The average molecular weight is 281 g/mol. The lowest BCUT2D eigenvalue weighted by Gasteiger charge is -2.08. The first-order valence-electron chi connectivity index (χ1n) is 5.06. The second kappa shape index (κ2) is 3.86. The molecule has 18 heavy (non-hydrogen) atoms. The molecule has 6 heteroatoms. The first-order chi connectivity index (χ1) is 8.58. The third kappa shape index (κ3) is 1.54. The van der Waals surface area contributed by atoms with Gasteiger partial charge in [0.05, 0.1) is 21.8 Å². The van der Waals surface area contributed by atoms with Crippen molar-refractivity contribution in [1.82, 2.24) is 4.57 Å². The summed E-state index contributed by atoms with van der Waals surface area (Å²) < 4.78 is 1.42. The van der Waals surface area contributed by atoms with Crippen LogP contribution in [0.5, 0.6) is 5.88 Å². The normalized spacial score (nSPS) is 13.1. The number of hydrogen-bond acceptors (Lipinski definition) is 2. The van der Waals surface area contributed by atoms with Gasteiger partial charge in [0.2, 0.25) is 5.88 Å². The van der Waals surface area contributed by atoms with Crippen LogP contribution in [0.25, 0.3) is 5.69 Å². The molecule has 0 unspecified atom stereocenters. The molecule has 0 aliphatic carbocycles. The van der Waals surface area contributed by atoms with Crippen molar-refractivity contribution < 1.29 is 9.90 Å². The second-order valence-corrected chi connectivity index (χ2v) is 4.65. The van der Waals surface area contributed by atoms with Crippen molar-refractivity contribution in [3.63, 3.8) is 0 Å². The van der Waals surface area contributed by atoms with Gasteiger partial charge in [0.25, 0.3) is 5.91 Å². The zero-order valence-electron chi connectivity index (χ0n) is 8.89. The van der Waals surface area contributed by atoms with Gasteiger partial charge in [-0.3, -0.25) is 9.36 Å². The van der Waals surface area contributed by atoms with Crippen LogP contribution in [0, 0.1) is 0 Å². The van der Waals surface area contributed by atoms with E-state index in [0.717, 1.165) is 0 Å². The van der Waals surface area contributed by atoms with Crippen LogP contribution in [-0.4, -0.2) is 21.8 Å². The summed E-state index contributed by atoms with van der Waals surface area (Å²) in [5, 5.41) is 11.0. The number of halogens is 2. The maximum absolute atomic E-state index is 11.4. The van der Waals surface area contributed by atoms with Crippen LogP contribution in [0.3, 0.4) is 0 Å². The fourth-order valence-corrected chi connectivity index (χ4v) is 2.23. The first kappa shape index (κ1) is 11.3. The molecule has 4 nitrogen and oxygen atoms in total. The summed E-state index contributed by atoms with van der Waals surface area (Å²) in [5.41, 5.74) is 1.26. The van der Waals surface area contributed by atoms with Gasteiger partial charge in [-0.25, -0.2) is 4.99 Å². The zero-order chi connectivity index (χ0) is 12.9. The van der Waals surface area contributed by atoms with E-state index in [2.05, 4.69) is 4.99 Å². The Morgan fingerprint density at radius 2 is 2.06 bits per heavy atom. The number of nitrogens with zero attached hydrogens (tertiary/aromatic N) is 2. The summed E-state index contributed by atoms with van der Waals surface area (Å²) >= 11 is 11.9. The second-order valence-electron chi connectivity index (χ2n) is 3.81. The standard InChI is InChI=1S/C12H6Cl2N2O2/c13-6-1-2-9(14)10(3-6)16-5-8-7(12(16)18)4-15-11(8)17/h1-5,18H. The molecular weight excluding hydrogens is 275 g/mol. The van der Waals surface area contributed by atoms with Crippen molar-refractivity contribution in [1.29, 1.82) is 0 Å². The number of rotatable bonds is 1. The van der Waals surface area contributed by atoms with Gasteiger partial charge in [-0.05, 0) is 18.2 Å². The summed E-state index contributed by atoms with van der Waals surface area (Å²) in [7, 11) is 0. The largest absolute Gasteiger partial charge is 0.494 e. The Balaban J connectivity index is 2.25. The number of aromatic nitrogens is 1. The van der Waals surface area contributed by atoms with Gasteiger partial charge in [0.15, 0.2) is 0 Å². The number of aliphatic imine (C=N–C) groups is 1. The summed E-state index contributed by atoms with van der Waals surface area (Å²) in [6.07, 6.45) is 2.83. The molecule has 0 bridgehead atoms. The van der Waals surface area contributed by atoms with Crippen LogP contribution in [0.15, 0.2) is 29.4 Å². The van der Waals surface area contributed by atoms with E-state index in [-0.39, 0.29) is 11.8 Å². The SMILES string of the molecule is O=C1N=Cc2c1cn(-c1cc(Cl)ccc1Cl)c2O.